The number of halogens is 2. The van der Waals surface area contributed by atoms with Gasteiger partial charge < -0.3 is 10.2 Å². The first-order valence-corrected chi connectivity index (χ1v) is 13.9. The zero-order chi connectivity index (χ0) is 26.5. The molecule has 0 heterocycles. The second-order valence-corrected chi connectivity index (χ2v) is 11.5. The van der Waals surface area contributed by atoms with E-state index in [0.29, 0.717) is 21.3 Å². The maximum Gasteiger partial charge on any atom is 0.244 e. The predicted octanol–water partition coefficient (Wildman–Crippen LogP) is 4.71. The Kier molecular flexibility index (Phi) is 10.0. The molecule has 0 saturated heterocycles. The molecule has 0 aromatic heterocycles. The lowest BCUT2D eigenvalue weighted by Crippen LogP contribution is -2.52. The van der Waals surface area contributed by atoms with Gasteiger partial charge in [0.15, 0.2) is 0 Å². The Balaban J connectivity index is 2.44. The molecule has 35 heavy (non-hydrogen) atoms. The Morgan fingerprint density at radius 3 is 2.23 bits per heavy atom. The molecule has 0 aliphatic rings. The largest absolute Gasteiger partial charge is 0.352 e. The fourth-order valence-electron chi connectivity index (χ4n) is 3.56. The van der Waals surface area contributed by atoms with Gasteiger partial charge in [0, 0.05) is 12.6 Å². The summed E-state index contributed by atoms with van der Waals surface area (Å²) < 4.78 is 26.5. The third-order valence-corrected chi connectivity index (χ3v) is 7.67. The zero-order valence-electron chi connectivity index (χ0n) is 20.9. The summed E-state index contributed by atoms with van der Waals surface area (Å²) in [6.07, 6.45) is 1.79. The minimum Gasteiger partial charge on any atom is -0.352 e. The van der Waals surface area contributed by atoms with Crippen molar-refractivity contribution < 1.29 is 18.0 Å². The second-order valence-electron chi connectivity index (χ2n) is 8.82. The molecule has 0 unspecified atom stereocenters. The van der Waals surface area contributed by atoms with E-state index in [0.717, 1.165) is 28.1 Å². The highest BCUT2D eigenvalue weighted by Gasteiger charge is 2.31. The summed E-state index contributed by atoms with van der Waals surface area (Å²) in [4.78, 5) is 27.9. The first-order chi connectivity index (χ1) is 16.2. The highest BCUT2D eigenvalue weighted by Crippen LogP contribution is 2.26. The van der Waals surface area contributed by atoms with E-state index in [9.17, 15) is 18.0 Å². The van der Waals surface area contributed by atoms with Gasteiger partial charge in [-0.05, 0) is 63.4 Å². The third kappa shape index (κ3) is 7.85. The number of aryl methyl sites for hydroxylation is 2. The van der Waals surface area contributed by atoms with Crippen LogP contribution in [-0.4, -0.2) is 50.0 Å². The molecule has 2 aromatic carbocycles. The number of amides is 2. The van der Waals surface area contributed by atoms with E-state index in [4.69, 9.17) is 23.2 Å². The maximum absolute atomic E-state index is 13.6. The molecule has 0 fully saturated rings. The number of rotatable bonds is 10. The molecule has 2 aromatic rings. The van der Waals surface area contributed by atoms with E-state index in [1.54, 1.807) is 44.2 Å². The summed E-state index contributed by atoms with van der Waals surface area (Å²) >= 11 is 12.2. The van der Waals surface area contributed by atoms with Crippen LogP contribution < -0.4 is 9.62 Å². The summed E-state index contributed by atoms with van der Waals surface area (Å²) in [7, 11) is -3.79. The normalized spacial score (nSPS) is 13.1. The predicted molar refractivity (Wildman–Crippen MR) is 142 cm³/mol. The molecule has 2 atom stereocenters. The summed E-state index contributed by atoms with van der Waals surface area (Å²) in [5.74, 6) is -0.849. The molecule has 0 aliphatic carbocycles. The molecule has 7 nitrogen and oxygen atoms in total. The number of anilines is 1. The maximum atomic E-state index is 13.6. The van der Waals surface area contributed by atoms with Crippen molar-refractivity contribution in [1.29, 1.82) is 0 Å². The molecular weight excluding hydrogens is 509 g/mol. The zero-order valence-corrected chi connectivity index (χ0v) is 23.3. The topological polar surface area (TPSA) is 86.8 Å². The highest BCUT2D eigenvalue weighted by atomic mass is 35.5. The third-order valence-electron chi connectivity index (χ3n) is 5.81. The van der Waals surface area contributed by atoms with Gasteiger partial charge in [-0.3, -0.25) is 13.9 Å². The van der Waals surface area contributed by atoms with Gasteiger partial charge >= 0.3 is 0 Å². The second kappa shape index (κ2) is 12.1. The number of nitrogens with one attached hydrogen (secondary N) is 1. The molecule has 2 amide bonds. The number of benzene rings is 2. The summed E-state index contributed by atoms with van der Waals surface area (Å²) in [5, 5.41) is 3.58. The lowest BCUT2D eigenvalue weighted by atomic mass is 10.1. The van der Waals surface area contributed by atoms with Crippen molar-refractivity contribution in [2.45, 2.75) is 59.7 Å². The van der Waals surface area contributed by atoms with Crippen LogP contribution in [0.3, 0.4) is 0 Å². The first-order valence-electron chi connectivity index (χ1n) is 11.3. The van der Waals surface area contributed by atoms with Gasteiger partial charge in [-0.1, -0.05) is 53.9 Å². The molecular formula is C25H33Cl2N3O4S. The van der Waals surface area contributed by atoms with Crippen LogP contribution in [0.4, 0.5) is 5.69 Å². The van der Waals surface area contributed by atoms with Crippen molar-refractivity contribution in [3.8, 4) is 0 Å². The standard InChI is InChI=1S/C25H33Cl2N3O4S/c1-7-18(4)28-25(32)19(5)29(14-20-9-10-21(26)22(27)13-20)24(31)15-30(35(6,33)34)23-11-8-16(2)12-17(23)3/h8-13,18-19H,7,14-15H2,1-6H3,(H,28,32)/t18-,19+/m1/s1. The molecule has 2 rings (SSSR count). The Bertz CT molecular complexity index is 1190. The molecule has 0 spiro atoms. The van der Waals surface area contributed by atoms with E-state index in [1.165, 1.54) is 4.90 Å². The SMILES string of the molecule is CC[C@@H](C)NC(=O)[C@H](C)N(Cc1ccc(Cl)c(Cl)c1)C(=O)CN(c1ccc(C)cc1C)S(C)(=O)=O. The van der Waals surface area contributed by atoms with Crippen molar-refractivity contribution in [1.82, 2.24) is 10.2 Å². The smallest absolute Gasteiger partial charge is 0.244 e. The minimum absolute atomic E-state index is 0.0509. The lowest BCUT2D eigenvalue weighted by molar-refractivity contribution is -0.139. The average Bonchev–Trinajstić information content (AvgIpc) is 2.77. The van der Waals surface area contributed by atoms with Crippen LogP contribution in [0.2, 0.25) is 10.0 Å². The number of carbonyl (C=O) groups is 2. The van der Waals surface area contributed by atoms with Gasteiger partial charge in [-0.15, -0.1) is 0 Å². The van der Waals surface area contributed by atoms with Gasteiger partial charge in [-0.2, -0.15) is 0 Å². The van der Waals surface area contributed by atoms with Gasteiger partial charge in [0.1, 0.15) is 12.6 Å². The quantitative estimate of drug-likeness (QED) is 0.471. The van der Waals surface area contributed by atoms with Crippen LogP contribution in [0.25, 0.3) is 0 Å². The van der Waals surface area contributed by atoms with Crippen LogP contribution in [0, 0.1) is 13.8 Å². The van der Waals surface area contributed by atoms with Crippen molar-refractivity contribution in [3.05, 3.63) is 63.1 Å². The highest BCUT2D eigenvalue weighted by molar-refractivity contribution is 7.92. The van der Waals surface area contributed by atoms with Crippen molar-refractivity contribution in [2.24, 2.45) is 0 Å². The van der Waals surface area contributed by atoms with Crippen LogP contribution in [0.1, 0.15) is 43.9 Å². The number of nitrogens with zero attached hydrogens (tertiary/aromatic N) is 2. The molecule has 192 valence electrons. The van der Waals surface area contributed by atoms with Gasteiger partial charge in [0.2, 0.25) is 21.8 Å². The molecule has 0 bridgehead atoms. The Hall–Kier alpha value is -2.29. The van der Waals surface area contributed by atoms with Gasteiger partial charge in [0.25, 0.3) is 0 Å². The van der Waals surface area contributed by atoms with E-state index in [1.807, 2.05) is 26.8 Å². The van der Waals surface area contributed by atoms with Crippen molar-refractivity contribution in [2.75, 3.05) is 17.1 Å². The minimum atomic E-state index is -3.79. The Morgan fingerprint density at radius 2 is 1.69 bits per heavy atom. The van der Waals surface area contributed by atoms with Crippen LogP contribution in [0.5, 0.6) is 0 Å². The fourth-order valence-corrected chi connectivity index (χ4v) is 4.79. The number of carbonyl (C=O) groups excluding carboxylic acids is 2. The molecule has 0 radical (unpaired) electrons. The summed E-state index contributed by atoms with van der Waals surface area (Å²) in [6, 6.07) is 9.36. The summed E-state index contributed by atoms with van der Waals surface area (Å²) in [5.41, 5.74) is 2.77. The van der Waals surface area contributed by atoms with Gasteiger partial charge in [0.05, 0.1) is 22.0 Å². The van der Waals surface area contributed by atoms with Gasteiger partial charge in [-0.25, -0.2) is 8.42 Å². The van der Waals surface area contributed by atoms with Crippen molar-refractivity contribution >= 4 is 50.7 Å². The van der Waals surface area contributed by atoms with Crippen molar-refractivity contribution in [3.63, 3.8) is 0 Å². The van der Waals surface area contributed by atoms with E-state index < -0.39 is 28.5 Å². The van der Waals surface area contributed by atoms with Crippen LogP contribution in [-0.2, 0) is 26.2 Å². The van der Waals surface area contributed by atoms with E-state index in [2.05, 4.69) is 5.32 Å². The monoisotopic (exact) mass is 541 g/mol. The Morgan fingerprint density at radius 1 is 1.03 bits per heavy atom. The number of sulfonamides is 1. The summed E-state index contributed by atoms with van der Waals surface area (Å²) in [6.45, 7) is 8.74. The Labute approximate surface area is 218 Å². The molecule has 1 N–H and O–H groups in total. The molecule has 0 aliphatic heterocycles. The lowest BCUT2D eigenvalue weighted by Gasteiger charge is -2.32. The van der Waals surface area contributed by atoms with Crippen LogP contribution in [0.15, 0.2) is 36.4 Å². The van der Waals surface area contributed by atoms with E-state index in [-0.39, 0.29) is 18.5 Å². The van der Waals surface area contributed by atoms with E-state index >= 15 is 0 Å². The van der Waals surface area contributed by atoms with Crippen LogP contribution >= 0.6 is 23.2 Å². The molecule has 0 saturated carbocycles. The average molecular weight is 543 g/mol. The first kappa shape index (κ1) is 28.9. The fraction of sp³-hybridized carbons (Fsp3) is 0.440. The molecule has 10 heteroatoms. The number of hydrogen-bond acceptors (Lipinski definition) is 4. The number of hydrogen-bond donors (Lipinski definition) is 1.